The number of nitrogens with one attached hydrogen (secondary N) is 2. The molecule has 0 spiro atoms. The van der Waals surface area contributed by atoms with Crippen LogP contribution in [0.2, 0.25) is 5.02 Å². The number of nitrogens with zero attached hydrogens (tertiary/aromatic N) is 4. The Kier molecular flexibility index (Phi) is 4.37. The lowest BCUT2D eigenvalue weighted by molar-refractivity contribution is 0.323. The quantitative estimate of drug-likeness (QED) is 0.533. The Morgan fingerprint density at radius 1 is 1.00 bits per heavy atom. The molecule has 0 unspecified atom stereocenters. The number of likely N-dealkylation sites (tertiary alicyclic amines) is 1. The van der Waals surface area contributed by atoms with Crippen LogP contribution in [0, 0.1) is 6.92 Å². The van der Waals surface area contributed by atoms with Gasteiger partial charge in [-0.05, 0) is 62.7 Å². The van der Waals surface area contributed by atoms with Crippen molar-refractivity contribution in [1.29, 1.82) is 0 Å². The Balaban J connectivity index is 1.49. The predicted molar refractivity (Wildman–Crippen MR) is 111 cm³/mol. The molecule has 1 aliphatic rings. The highest BCUT2D eigenvalue weighted by molar-refractivity contribution is 6.31. The van der Waals surface area contributed by atoms with Crippen LogP contribution in [0.15, 0.2) is 36.4 Å². The summed E-state index contributed by atoms with van der Waals surface area (Å²) in [5.41, 5.74) is 4.87. The molecule has 2 N–H and O–H groups in total. The van der Waals surface area contributed by atoms with Crippen LogP contribution in [0.5, 0.6) is 0 Å². The molecule has 1 fully saturated rings. The van der Waals surface area contributed by atoms with E-state index in [1.807, 2.05) is 37.3 Å². The second kappa shape index (κ2) is 7.04. The summed E-state index contributed by atoms with van der Waals surface area (Å²) in [6, 6.07) is 12.2. The van der Waals surface area contributed by atoms with Gasteiger partial charge in [0.05, 0.1) is 17.8 Å². The van der Waals surface area contributed by atoms with E-state index in [-0.39, 0.29) is 0 Å². The lowest BCUT2D eigenvalue weighted by Crippen LogP contribution is -2.19. The average Bonchev–Trinajstić information content (AvgIpc) is 3.45. The zero-order valence-electron chi connectivity index (χ0n) is 15.7. The van der Waals surface area contributed by atoms with Crippen LogP contribution < -0.4 is 0 Å². The molecule has 1 saturated heterocycles. The number of rotatable bonds is 4. The second-order valence-electron chi connectivity index (χ2n) is 7.39. The Labute approximate surface area is 167 Å². The molecule has 2 aromatic carbocycles. The third kappa shape index (κ3) is 3.19. The maximum Gasteiger partial charge on any atom is 0.181 e. The van der Waals surface area contributed by atoms with Gasteiger partial charge in [0.15, 0.2) is 5.82 Å². The number of benzene rings is 2. The zero-order chi connectivity index (χ0) is 19.1. The minimum Gasteiger partial charge on any atom is -0.296 e. The van der Waals surface area contributed by atoms with Crippen molar-refractivity contribution in [3.05, 3.63) is 52.8 Å². The summed E-state index contributed by atoms with van der Waals surface area (Å²) in [6.45, 7) is 5.10. The maximum atomic E-state index is 6.32. The highest BCUT2D eigenvalue weighted by Crippen LogP contribution is 2.31. The van der Waals surface area contributed by atoms with E-state index < -0.39 is 0 Å². The largest absolute Gasteiger partial charge is 0.296 e. The minimum absolute atomic E-state index is 0.713. The molecule has 28 heavy (non-hydrogen) atoms. The van der Waals surface area contributed by atoms with Gasteiger partial charge in [-0.25, -0.2) is 4.98 Å². The molecule has 7 heteroatoms. The summed E-state index contributed by atoms with van der Waals surface area (Å²) in [5, 5.41) is 16.9. The molecular formula is C21H21ClN6. The lowest BCUT2D eigenvalue weighted by Gasteiger charge is -2.11. The van der Waals surface area contributed by atoms with Gasteiger partial charge in [-0.3, -0.25) is 15.1 Å². The Bertz CT molecular complexity index is 1140. The summed E-state index contributed by atoms with van der Waals surface area (Å²) < 4.78 is 0. The monoisotopic (exact) mass is 392 g/mol. The number of aromatic amines is 2. The van der Waals surface area contributed by atoms with Gasteiger partial charge < -0.3 is 0 Å². The van der Waals surface area contributed by atoms with Gasteiger partial charge in [0.1, 0.15) is 5.82 Å². The van der Waals surface area contributed by atoms with Crippen molar-refractivity contribution < 1.29 is 0 Å². The van der Waals surface area contributed by atoms with E-state index >= 15 is 0 Å². The fraction of sp³-hybridized carbons (Fsp3) is 0.286. The molecule has 0 saturated carbocycles. The minimum atomic E-state index is 0.713. The molecule has 6 nitrogen and oxygen atoms in total. The normalized spacial score (nSPS) is 14.9. The van der Waals surface area contributed by atoms with Crippen LogP contribution in [0.25, 0.3) is 33.5 Å². The highest BCUT2D eigenvalue weighted by Gasteiger charge is 2.16. The van der Waals surface area contributed by atoms with Crippen LogP contribution >= 0.6 is 11.6 Å². The van der Waals surface area contributed by atoms with E-state index in [0.717, 1.165) is 63.8 Å². The number of halogens is 1. The summed E-state index contributed by atoms with van der Waals surface area (Å²) in [4.78, 5) is 7.11. The number of aryl methyl sites for hydroxylation is 1. The molecule has 1 aliphatic heterocycles. The van der Waals surface area contributed by atoms with Crippen LogP contribution in [-0.2, 0) is 6.54 Å². The van der Waals surface area contributed by atoms with Crippen molar-refractivity contribution in [2.45, 2.75) is 26.3 Å². The Morgan fingerprint density at radius 3 is 2.64 bits per heavy atom. The fourth-order valence-electron chi connectivity index (χ4n) is 3.76. The van der Waals surface area contributed by atoms with E-state index in [4.69, 9.17) is 16.6 Å². The van der Waals surface area contributed by atoms with Crippen molar-refractivity contribution >= 4 is 22.5 Å². The Morgan fingerprint density at radius 2 is 1.82 bits per heavy atom. The number of hydrogen-bond acceptors (Lipinski definition) is 4. The number of fused-ring (bicyclic) bond motifs is 1. The van der Waals surface area contributed by atoms with E-state index in [1.54, 1.807) is 0 Å². The predicted octanol–water partition coefficient (Wildman–Crippen LogP) is 4.57. The first kappa shape index (κ1) is 17.4. The maximum absolute atomic E-state index is 6.32. The van der Waals surface area contributed by atoms with Gasteiger partial charge in [-0.2, -0.15) is 10.2 Å². The lowest BCUT2D eigenvalue weighted by atomic mass is 10.0. The van der Waals surface area contributed by atoms with Gasteiger partial charge in [0.2, 0.25) is 0 Å². The molecular weight excluding hydrogens is 372 g/mol. The van der Waals surface area contributed by atoms with Crippen LogP contribution in [0.3, 0.4) is 0 Å². The van der Waals surface area contributed by atoms with E-state index in [0.29, 0.717) is 5.82 Å². The highest BCUT2D eigenvalue weighted by atomic mass is 35.5. The number of hydrogen-bond donors (Lipinski definition) is 2. The van der Waals surface area contributed by atoms with E-state index in [1.165, 1.54) is 12.8 Å². The van der Waals surface area contributed by atoms with Gasteiger partial charge in [0, 0.05) is 21.5 Å². The smallest absolute Gasteiger partial charge is 0.181 e. The third-order valence-corrected chi connectivity index (χ3v) is 5.78. The molecule has 0 bridgehead atoms. The van der Waals surface area contributed by atoms with E-state index in [9.17, 15) is 0 Å². The average molecular weight is 393 g/mol. The molecule has 0 aliphatic carbocycles. The first-order valence-electron chi connectivity index (χ1n) is 9.56. The van der Waals surface area contributed by atoms with Crippen LogP contribution in [0.1, 0.15) is 24.2 Å². The molecule has 0 amide bonds. The van der Waals surface area contributed by atoms with Crippen molar-refractivity contribution in [3.8, 4) is 22.6 Å². The van der Waals surface area contributed by atoms with E-state index in [2.05, 4.69) is 31.4 Å². The number of H-pyrrole nitrogens is 2. The summed E-state index contributed by atoms with van der Waals surface area (Å²) in [7, 11) is 0. The van der Waals surface area contributed by atoms with Gasteiger partial charge >= 0.3 is 0 Å². The zero-order valence-corrected chi connectivity index (χ0v) is 16.4. The summed E-state index contributed by atoms with van der Waals surface area (Å²) in [6.07, 6.45) is 2.54. The van der Waals surface area contributed by atoms with Gasteiger partial charge in [-0.1, -0.05) is 23.7 Å². The SMILES string of the molecule is Cc1ccc(-c2n[nH]c3ccc(-c4n[nH]c(CN5CCCC5)n4)cc23)cc1Cl. The second-order valence-corrected chi connectivity index (χ2v) is 7.79. The number of aromatic nitrogens is 5. The first-order valence-corrected chi connectivity index (χ1v) is 9.94. The summed E-state index contributed by atoms with van der Waals surface area (Å²) in [5.74, 6) is 1.62. The summed E-state index contributed by atoms with van der Waals surface area (Å²) >= 11 is 6.32. The fourth-order valence-corrected chi connectivity index (χ4v) is 3.94. The van der Waals surface area contributed by atoms with Gasteiger partial charge in [-0.15, -0.1) is 0 Å². The van der Waals surface area contributed by atoms with Crippen molar-refractivity contribution in [1.82, 2.24) is 30.3 Å². The molecule has 3 heterocycles. The molecule has 4 aromatic rings. The molecule has 142 valence electrons. The van der Waals surface area contributed by atoms with Crippen molar-refractivity contribution in [3.63, 3.8) is 0 Å². The first-order chi connectivity index (χ1) is 13.7. The molecule has 0 radical (unpaired) electrons. The molecule has 2 aromatic heterocycles. The van der Waals surface area contributed by atoms with Crippen LogP contribution in [0.4, 0.5) is 0 Å². The third-order valence-electron chi connectivity index (χ3n) is 5.37. The van der Waals surface area contributed by atoms with Crippen molar-refractivity contribution in [2.24, 2.45) is 0 Å². The molecule has 0 atom stereocenters. The topological polar surface area (TPSA) is 73.5 Å². The van der Waals surface area contributed by atoms with Crippen LogP contribution in [-0.4, -0.2) is 43.4 Å². The standard InChI is InChI=1S/C21H21ClN6/c1-13-4-5-14(11-17(13)22)20-16-10-15(6-7-18(16)24-26-20)21-23-19(25-27-21)12-28-8-2-3-9-28/h4-7,10-11H,2-3,8-9,12H2,1H3,(H,24,26)(H,23,25,27). The molecule has 5 rings (SSSR count). The van der Waals surface area contributed by atoms with Crippen molar-refractivity contribution in [2.75, 3.05) is 13.1 Å². The Hall–Kier alpha value is -2.70. The van der Waals surface area contributed by atoms with Gasteiger partial charge in [0.25, 0.3) is 0 Å².